The van der Waals surface area contributed by atoms with Gasteiger partial charge in [-0.15, -0.1) is 0 Å². The molecule has 0 aromatic heterocycles. The molecule has 1 saturated carbocycles. The number of ether oxygens (including phenoxy) is 1. The van der Waals surface area contributed by atoms with Crippen molar-refractivity contribution in [1.82, 2.24) is 0 Å². The van der Waals surface area contributed by atoms with Gasteiger partial charge in [0.05, 0.1) is 12.2 Å². The van der Waals surface area contributed by atoms with Crippen LogP contribution >= 0.6 is 11.6 Å². The number of rotatable bonds is 6. The number of benzene rings is 1. The number of carbonyl (C=O) groups excluding carboxylic acids is 2. The Hall–Kier alpha value is -1.89. The zero-order chi connectivity index (χ0) is 18.0. The summed E-state index contributed by atoms with van der Waals surface area (Å²) < 4.78 is 46.3. The highest BCUT2D eigenvalue weighted by Crippen LogP contribution is 2.30. The van der Waals surface area contributed by atoms with Gasteiger partial charge in [0.2, 0.25) is 0 Å². The van der Waals surface area contributed by atoms with Crippen molar-refractivity contribution < 1.29 is 27.5 Å². The number of aliphatic imine (C=N–C) groups is 1. The second kappa shape index (κ2) is 7.34. The molecule has 0 spiro atoms. The van der Waals surface area contributed by atoms with Gasteiger partial charge in [-0.3, -0.25) is 14.6 Å². The fraction of sp³-hybridized carbons (Fsp3) is 0.438. The molecule has 0 N–H and O–H groups in total. The van der Waals surface area contributed by atoms with Crippen molar-refractivity contribution in [2.24, 2.45) is 10.9 Å². The highest BCUT2D eigenvalue weighted by atomic mass is 35.5. The fourth-order valence-electron chi connectivity index (χ4n) is 2.09. The quantitative estimate of drug-likeness (QED) is 0.194. The van der Waals surface area contributed by atoms with E-state index in [1.54, 1.807) is 0 Å². The molecular weight excluding hydrogens is 347 g/mol. The van der Waals surface area contributed by atoms with E-state index in [9.17, 15) is 22.8 Å². The topological polar surface area (TPSA) is 55.7 Å². The molecule has 1 aliphatic carbocycles. The SMILES string of the molecule is CCOC(=O)C(C=NC1CC1)C(=O)c1c(C)c(F)c(F)c(Cl)c1F. The number of ketones is 1. The molecule has 1 aromatic rings. The first-order valence-electron chi connectivity index (χ1n) is 7.36. The standard InChI is InChI=1S/C16H15ClF3NO3/c1-3-24-16(23)9(6-21-8-4-5-8)15(22)10-7(2)12(18)14(20)11(17)13(10)19/h6,8-9H,3-5H2,1-2H3. The van der Waals surface area contributed by atoms with Gasteiger partial charge in [-0.05, 0) is 26.7 Å². The number of nitrogens with zero attached hydrogens (tertiary/aromatic N) is 1. The Balaban J connectivity index is 2.47. The van der Waals surface area contributed by atoms with Gasteiger partial charge in [0.1, 0.15) is 5.02 Å². The van der Waals surface area contributed by atoms with E-state index >= 15 is 0 Å². The molecule has 0 aliphatic heterocycles. The molecule has 0 bridgehead atoms. The van der Waals surface area contributed by atoms with Crippen LogP contribution in [0.4, 0.5) is 13.2 Å². The molecule has 0 heterocycles. The molecule has 0 radical (unpaired) electrons. The van der Waals surface area contributed by atoms with Crippen molar-refractivity contribution in [2.45, 2.75) is 32.7 Å². The van der Waals surface area contributed by atoms with Crippen LogP contribution < -0.4 is 0 Å². The zero-order valence-corrected chi connectivity index (χ0v) is 13.8. The van der Waals surface area contributed by atoms with Crippen molar-refractivity contribution in [2.75, 3.05) is 6.61 Å². The molecule has 24 heavy (non-hydrogen) atoms. The highest BCUT2D eigenvalue weighted by molar-refractivity contribution is 6.31. The Bertz CT molecular complexity index is 688. The van der Waals surface area contributed by atoms with E-state index in [0.717, 1.165) is 26.0 Å². The summed E-state index contributed by atoms with van der Waals surface area (Å²) >= 11 is 5.40. The van der Waals surface area contributed by atoms with Gasteiger partial charge in [0, 0.05) is 17.8 Å². The Morgan fingerprint density at radius 2 is 1.92 bits per heavy atom. The summed E-state index contributed by atoms with van der Waals surface area (Å²) in [5.74, 6) is -7.99. The number of halogens is 4. The van der Waals surface area contributed by atoms with E-state index in [-0.39, 0.29) is 12.6 Å². The van der Waals surface area contributed by atoms with Crippen LogP contribution in [0.2, 0.25) is 5.02 Å². The zero-order valence-electron chi connectivity index (χ0n) is 13.0. The molecule has 1 atom stereocenters. The predicted octanol–water partition coefficient (Wildman–Crippen LogP) is 3.66. The first kappa shape index (κ1) is 18.4. The molecule has 130 valence electrons. The maximum atomic E-state index is 14.2. The second-order valence-electron chi connectivity index (χ2n) is 5.38. The van der Waals surface area contributed by atoms with Gasteiger partial charge in [0.25, 0.3) is 0 Å². The summed E-state index contributed by atoms with van der Waals surface area (Å²) in [5.41, 5.74) is -1.34. The molecule has 1 fully saturated rings. The molecule has 1 aliphatic rings. The summed E-state index contributed by atoms with van der Waals surface area (Å²) in [7, 11) is 0. The molecule has 8 heteroatoms. The van der Waals surface area contributed by atoms with E-state index in [1.807, 2.05) is 0 Å². The number of Topliss-reactive ketones (excluding diaryl/α,β-unsaturated/α-hetero) is 1. The molecule has 2 rings (SSSR count). The molecular formula is C16H15ClF3NO3. The number of hydrogen-bond donors (Lipinski definition) is 0. The van der Waals surface area contributed by atoms with Crippen LogP contribution in [-0.2, 0) is 9.53 Å². The van der Waals surface area contributed by atoms with Crippen LogP contribution in [0.25, 0.3) is 0 Å². The maximum Gasteiger partial charge on any atom is 0.322 e. The van der Waals surface area contributed by atoms with Crippen molar-refractivity contribution in [1.29, 1.82) is 0 Å². The van der Waals surface area contributed by atoms with Crippen molar-refractivity contribution in [3.63, 3.8) is 0 Å². The van der Waals surface area contributed by atoms with Crippen LogP contribution in [0.15, 0.2) is 4.99 Å². The van der Waals surface area contributed by atoms with Crippen LogP contribution in [-0.4, -0.2) is 30.6 Å². The van der Waals surface area contributed by atoms with Gasteiger partial charge < -0.3 is 4.74 Å². The molecule has 0 saturated heterocycles. The minimum absolute atomic E-state index is 0.000118. The van der Waals surface area contributed by atoms with Crippen molar-refractivity contribution >= 4 is 29.6 Å². The summed E-state index contributed by atoms with van der Waals surface area (Å²) in [6.07, 6.45) is 2.72. The van der Waals surface area contributed by atoms with E-state index in [2.05, 4.69) is 4.99 Å². The van der Waals surface area contributed by atoms with Gasteiger partial charge in [0.15, 0.2) is 29.2 Å². The lowest BCUT2D eigenvalue weighted by atomic mass is 9.94. The first-order valence-corrected chi connectivity index (χ1v) is 7.74. The van der Waals surface area contributed by atoms with Gasteiger partial charge in [-0.25, -0.2) is 13.2 Å². The predicted molar refractivity (Wildman–Crippen MR) is 82.0 cm³/mol. The lowest BCUT2D eigenvalue weighted by molar-refractivity contribution is -0.143. The van der Waals surface area contributed by atoms with Crippen LogP contribution in [0.5, 0.6) is 0 Å². The largest absolute Gasteiger partial charge is 0.465 e. The van der Waals surface area contributed by atoms with Crippen molar-refractivity contribution in [3.05, 3.63) is 33.6 Å². The van der Waals surface area contributed by atoms with Crippen LogP contribution in [0, 0.1) is 30.3 Å². The maximum absolute atomic E-state index is 14.2. The lowest BCUT2D eigenvalue weighted by Crippen LogP contribution is -2.29. The Morgan fingerprint density at radius 3 is 2.46 bits per heavy atom. The Morgan fingerprint density at radius 1 is 1.29 bits per heavy atom. The second-order valence-corrected chi connectivity index (χ2v) is 5.76. The fourth-order valence-corrected chi connectivity index (χ4v) is 2.27. The average Bonchev–Trinajstić information content (AvgIpc) is 3.36. The number of esters is 1. The molecule has 0 amide bonds. The monoisotopic (exact) mass is 361 g/mol. The summed E-state index contributed by atoms with van der Waals surface area (Å²) in [5, 5.41) is -1.14. The summed E-state index contributed by atoms with van der Waals surface area (Å²) in [4.78, 5) is 28.6. The van der Waals surface area contributed by atoms with Gasteiger partial charge >= 0.3 is 5.97 Å². The van der Waals surface area contributed by atoms with E-state index in [0.29, 0.717) is 0 Å². The van der Waals surface area contributed by atoms with Crippen LogP contribution in [0.1, 0.15) is 35.7 Å². The molecule has 4 nitrogen and oxygen atoms in total. The van der Waals surface area contributed by atoms with Gasteiger partial charge in [-0.1, -0.05) is 11.6 Å². The first-order chi connectivity index (χ1) is 11.3. The third kappa shape index (κ3) is 3.61. The van der Waals surface area contributed by atoms with Crippen LogP contribution in [0.3, 0.4) is 0 Å². The smallest absolute Gasteiger partial charge is 0.322 e. The van der Waals surface area contributed by atoms with Crippen molar-refractivity contribution in [3.8, 4) is 0 Å². The minimum Gasteiger partial charge on any atom is -0.465 e. The number of carbonyl (C=O) groups is 2. The average molecular weight is 362 g/mol. The Labute approximate surface area is 141 Å². The van der Waals surface area contributed by atoms with E-state index < -0.39 is 51.3 Å². The van der Waals surface area contributed by atoms with Gasteiger partial charge in [-0.2, -0.15) is 0 Å². The summed E-state index contributed by atoms with van der Waals surface area (Å²) in [6.45, 7) is 2.57. The molecule has 1 unspecified atom stereocenters. The number of hydrogen-bond acceptors (Lipinski definition) is 4. The third-order valence-electron chi connectivity index (χ3n) is 3.56. The van der Waals surface area contributed by atoms with E-state index in [1.165, 1.54) is 6.92 Å². The molecule has 1 aromatic carbocycles. The highest BCUT2D eigenvalue weighted by Gasteiger charge is 2.34. The van der Waals surface area contributed by atoms with E-state index in [4.69, 9.17) is 16.3 Å². The normalized spacial score (nSPS) is 15.6. The Kier molecular flexibility index (Phi) is 5.64. The summed E-state index contributed by atoms with van der Waals surface area (Å²) in [6, 6.07) is 0.00853. The lowest BCUT2D eigenvalue weighted by Gasteiger charge is -2.14. The third-order valence-corrected chi connectivity index (χ3v) is 3.90. The minimum atomic E-state index is -1.58.